The molecular weight excluding hydrogens is 236 g/mol. The van der Waals surface area contributed by atoms with Gasteiger partial charge in [-0.2, -0.15) is 0 Å². The summed E-state index contributed by atoms with van der Waals surface area (Å²) in [6.45, 7) is 12.4. The zero-order chi connectivity index (χ0) is 15.3. The molecule has 0 bridgehead atoms. The molecule has 0 atom stereocenters. The SMILES string of the molecule is CC(C)CC(=O)CC(C)C.CCCCCC(=O)CC. The molecule has 2 nitrogen and oxygen atoms in total. The van der Waals surface area contributed by atoms with Crippen LogP contribution >= 0.6 is 0 Å². The molecule has 0 aliphatic heterocycles. The van der Waals surface area contributed by atoms with Crippen molar-refractivity contribution in [3.63, 3.8) is 0 Å². The van der Waals surface area contributed by atoms with Gasteiger partial charge in [-0.3, -0.25) is 9.59 Å². The van der Waals surface area contributed by atoms with Crippen LogP contribution in [0.1, 0.15) is 86.5 Å². The van der Waals surface area contributed by atoms with E-state index in [0.717, 1.165) is 25.7 Å². The third kappa shape index (κ3) is 19.8. The van der Waals surface area contributed by atoms with Crippen LogP contribution in [0.15, 0.2) is 0 Å². The monoisotopic (exact) mass is 270 g/mol. The minimum atomic E-state index is 0.406. The maximum atomic E-state index is 11.1. The Morgan fingerprint density at radius 1 is 0.789 bits per heavy atom. The predicted octanol–water partition coefficient (Wildman–Crippen LogP) is 5.19. The summed E-state index contributed by atoms with van der Waals surface area (Å²) in [7, 11) is 0. The fourth-order valence-electron chi connectivity index (χ4n) is 1.74. The first-order valence-corrected chi connectivity index (χ1v) is 7.86. The molecule has 0 spiro atoms. The van der Waals surface area contributed by atoms with Gasteiger partial charge in [-0.15, -0.1) is 0 Å². The Bertz CT molecular complexity index is 217. The lowest BCUT2D eigenvalue weighted by molar-refractivity contribution is -0.120. The molecule has 0 saturated carbocycles. The molecule has 2 heteroatoms. The van der Waals surface area contributed by atoms with E-state index in [2.05, 4.69) is 34.6 Å². The Hall–Kier alpha value is -0.660. The highest BCUT2D eigenvalue weighted by Gasteiger charge is 2.06. The average molecular weight is 270 g/mol. The maximum Gasteiger partial charge on any atom is 0.133 e. The molecule has 114 valence electrons. The van der Waals surface area contributed by atoms with Crippen molar-refractivity contribution in [2.24, 2.45) is 11.8 Å². The van der Waals surface area contributed by atoms with Gasteiger partial charge >= 0.3 is 0 Å². The minimum Gasteiger partial charge on any atom is -0.300 e. The second-order valence-corrected chi connectivity index (χ2v) is 6.08. The van der Waals surface area contributed by atoms with Crippen molar-refractivity contribution in [3.05, 3.63) is 0 Å². The van der Waals surface area contributed by atoms with Gasteiger partial charge in [0.05, 0.1) is 0 Å². The normalized spacial score (nSPS) is 10.3. The van der Waals surface area contributed by atoms with Gasteiger partial charge in [0, 0.05) is 25.7 Å². The maximum absolute atomic E-state index is 11.1. The van der Waals surface area contributed by atoms with E-state index in [0.29, 0.717) is 29.8 Å². The van der Waals surface area contributed by atoms with E-state index >= 15 is 0 Å². The van der Waals surface area contributed by atoms with Crippen LogP contribution in [0.25, 0.3) is 0 Å². The topological polar surface area (TPSA) is 34.1 Å². The highest BCUT2D eigenvalue weighted by atomic mass is 16.1. The molecule has 0 amide bonds. The molecule has 0 N–H and O–H groups in total. The average Bonchev–Trinajstić information content (AvgIpc) is 2.27. The van der Waals surface area contributed by atoms with Gasteiger partial charge in [-0.1, -0.05) is 54.4 Å². The van der Waals surface area contributed by atoms with Crippen LogP contribution in [-0.2, 0) is 9.59 Å². The van der Waals surface area contributed by atoms with E-state index in [1.54, 1.807) is 0 Å². The number of hydrogen-bond donors (Lipinski definition) is 0. The molecule has 0 unspecified atom stereocenters. The van der Waals surface area contributed by atoms with Crippen LogP contribution in [0.3, 0.4) is 0 Å². The first-order chi connectivity index (χ1) is 8.83. The van der Waals surface area contributed by atoms with Crippen LogP contribution in [0.5, 0.6) is 0 Å². The van der Waals surface area contributed by atoms with Crippen molar-refractivity contribution in [2.45, 2.75) is 86.5 Å². The summed E-state index contributed by atoms with van der Waals surface area (Å²) in [5, 5.41) is 0. The summed E-state index contributed by atoms with van der Waals surface area (Å²) < 4.78 is 0. The Labute approximate surface area is 120 Å². The fraction of sp³-hybridized carbons (Fsp3) is 0.882. The lowest BCUT2D eigenvalue weighted by Gasteiger charge is -2.05. The highest BCUT2D eigenvalue weighted by Crippen LogP contribution is 2.07. The number of unbranched alkanes of at least 4 members (excludes halogenated alkanes) is 2. The third-order valence-corrected chi connectivity index (χ3v) is 2.73. The summed E-state index contributed by atoms with van der Waals surface area (Å²) in [6.07, 6.45) is 6.50. The van der Waals surface area contributed by atoms with Gasteiger partial charge in [0.15, 0.2) is 0 Å². The Morgan fingerprint density at radius 3 is 1.58 bits per heavy atom. The predicted molar refractivity (Wildman–Crippen MR) is 83.4 cm³/mol. The van der Waals surface area contributed by atoms with Crippen molar-refractivity contribution < 1.29 is 9.59 Å². The summed E-state index contributed by atoms with van der Waals surface area (Å²) in [5.74, 6) is 1.85. The number of hydrogen-bond acceptors (Lipinski definition) is 2. The van der Waals surface area contributed by atoms with Crippen LogP contribution < -0.4 is 0 Å². The van der Waals surface area contributed by atoms with Crippen LogP contribution in [-0.4, -0.2) is 11.6 Å². The third-order valence-electron chi connectivity index (χ3n) is 2.73. The van der Waals surface area contributed by atoms with Gasteiger partial charge in [0.25, 0.3) is 0 Å². The zero-order valence-corrected chi connectivity index (χ0v) is 13.9. The highest BCUT2D eigenvalue weighted by molar-refractivity contribution is 5.78. The number of carbonyl (C=O) groups excluding carboxylic acids is 2. The molecule has 0 aliphatic rings. The zero-order valence-electron chi connectivity index (χ0n) is 13.9. The van der Waals surface area contributed by atoms with E-state index in [1.807, 2.05) is 6.92 Å². The number of ketones is 2. The molecule has 0 aliphatic carbocycles. The molecule has 0 aromatic heterocycles. The van der Waals surface area contributed by atoms with Crippen LogP contribution in [0, 0.1) is 11.8 Å². The van der Waals surface area contributed by atoms with E-state index in [1.165, 1.54) is 12.8 Å². The summed E-state index contributed by atoms with van der Waals surface area (Å²) in [6, 6.07) is 0. The largest absolute Gasteiger partial charge is 0.300 e. The minimum absolute atomic E-state index is 0.406. The lowest BCUT2D eigenvalue weighted by atomic mass is 10.00. The first kappa shape index (κ1) is 20.7. The standard InChI is InChI=1S/C9H18O.C8H16O/c1-7(2)5-9(10)6-8(3)4;1-3-5-6-7-8(9)4-2/h7-8H,5-6H2,1-4H3;3-7H2,1-2H3. The summed E-state index contributed by atoms with van der Waals surface area (Å²) >= 11 is 0. The van der Waals surface area contributed by atoms with E-state index in [4.69, 9.17) is 0 Å². The Kier molecular flexibility index (Phi) is 15.0. The molecular formula is C17H34O2. The van der Waals surface area contributed by atoms with Crippen molar-refractivity contribution in [1.82, 2.24) is 0 Å². The molecule has 0 heterocycles. The van der Waals surface area contributed by atoms with Gasteiger partial charge in [-0.25, -0.2) is 0 Å². The van der Waals surface area contributed by atoms with Crippen molar-refractivity contribution >= 4 is 11.6 Å². The van der Waals surface area contributed by atoms with Gasteiger partial charge in [0.1, 0.15) is 11.6 Å². The van der Waals surface area contributed by atoms with Crippen molar-refractivity contribution in [2.75, 3.05) is 0 Å². The molecule has 0 aromatic carbocycles. The Morgan fingerprint density at radius 2 is 1.26 bits per heavy atom. The van der Waals surface area contributed by atoms with E-state index in [-0.39, 0.29) is 0 Å². The molecule has 0 aromatic rings. The van der Waals surface area contributed by atoms with Crippen LogP contribution in [0.2, 0.25) is 0 Å². The molecule has 19 heavy (non-hydrogen) atoms. The van der Waals surface area contributed by atoms with Gasteiger partial charge < -0.3 is 0 Å². The van der Waals surface area contributed by atoms with E-state index in [9.17, 15) is 9.59 Å². The summed E-state index contributed by atoms with van der Waals surface area (Å²) in [5.41, 5.74) is 0. The van der Waals surface area contributed by atoms with Crippen molar-refractivity contribution in [1.29, 1.82) is 0 Å². The van der Waals surface area contributed by atoms with Gasteiger partial charge in [-0.05, 0) is 18.3 Å². The number of rotatable bonds is 9. The van der Waals surface area contributed by atoms with Gasteiger partial charge in [0.2, 0.25) is 0 Å². The smallest absolute Gasteiger partial charge is 0.133 e. The molecule has 0 radical (unpaired) electrons. The van der Waals surface area contributed by atoms with Crippen molar-refractivity contribution in [3.8, 4) is 0 Å². The second kappa shape index (κ2) is 13.8. The summed E-state index contributed by atoms with van der Waals surface area (Å²) in [4.78, 5) is 21.8. The fourth-order valence-corrected chi connectivity index (χ4v) is 1.74. The van der Waals surface area contributed by atoms with Crippen LogP contribution in [0.4, 0.5) is 0 Å². The number of carbonyl (C=O) groups is 2. The number of Topliss-reactive ketones (excluding diaryl/α,β-unsaturated/α-hetero) is 2. The second-order valence-electron chi connectivity index (χ2n) is 6.08. The Balaban J connectivity index is 0. The lowest BCUT2D eigenvalue weighted by Crippen LogP contribution is -2.05. The molecule has 0 saturated heterocycles. The first-order valence-electron chi connectivity index (χ1n) is 7.86. The quantitative estimate of drug-likeness (QED) is 0.540. The molecule has 0 fully saturated rings. The molecule has 0 rings (SSSR count). The van der Waals surface area contributed by atoms with E-state index < -0.39 is 0 Å².